The van der Waals surface area contributed by atoms with Crippen molar-refractivity contribution in [2.75, 3.05) is 6.61 Å². The molecule has 0 bridgehead atoms. The number of para-hydroxylation sites is 2. The third-order valence-electron chi connectivity index (χ3n) is 3.38. The normalized spacial score (nSPS) is 12.3. The number of ether oxygens (including phenoxy) is 1. The van der Waals surface area contributed by atoms with E-state index in [1.54, 1.807) is 23.5 Å². The number of aryl methyl sites for hydroxylation is 1. The third-order valence-corrected chi connectivity index (χ3v) is 4.49. The van der Waals surface area contributed by atoms with Crippen LogP contribution in [0.15, 0.2) is 52.7 Å². The van der Waals surface area contributed by atoms with Crippen molar-refractivity contribution < 1.29 is 9.84 Å². The molecule has 3 rings (SSSR count). The molecular weight excluding hydrogens is 310 g/mol. The maximum Gasteiger partial charge on any atom is 0.211 e. The number of nitrogens with zero attached hydrogens (tertiary/aromatic N) is 3. The Morgan fingerprint density at radius 1 is 1.22 bits per heavy atom. The van der Waals surface area contributed by atoms with Gasteiger partial charge in [-0.2, -0.15) is 5.10 Å². The van der Waals surface area contributed by atoms with Crippen molar-refractivity contribution >= 4 is 27.8 Å². The molecule has 2 aromatic carbocycles. The highest BCUT2D eigenvalue weighted by atomic mass is 32.1. The van der Waals surface area contributed by atoms with Crippen LogP contribution in [0.2, 0.25) is 0 Å². The molecule has 0 fully saturated rings. The van der Waals surface area contributed by atoms with Gasteiger partial charge in [-0.1, -0.05) is 29.5 Å². The molecule has 118 valence electrons. The van der Waals surface area contributed by atoms with Crippen LogP contribution in [0.1, 0.15) is 12.5 Å². The molecule has 3 aromatic rings. The lowest BCUT2D eigenvalue weighted by molar-refractivity contribution is 0.318. The quantitative estimate of drug-likeness (QED) is 0.590. The Labute approximate surface area is 137 Å². The number of hydrogen-bond donors (Lipinski definition) is 1. The fourth-order valence-corrected chi connectivity index (χ4v) is 3.21. The Kier molecular flexibility index (Phi) is 4.43. The van der Waals surface area contributed by atoms with Crippen molar-refractivity contribution in [3.63, 3.8) is 0 Å². The number of phenolic OH excluding ortho intramolecular Hbond substituents is 1. The van der Waals surface area contributed by atoms with E-state index >= 15 is 0 Å². The Morgan fingerprint density at radius 2 is 2.04 bits per heavy atom. The van der Waals surface area contributed by atoms with Crippen LogP contribution < -0.4 is 9.54 Å². The summed E-state index contributed by atoms with van der Waals surface area (Å²) in [6.45, 7) is 2.37. The second kappa shape index (κ2) is 6.66. The molecule has 0 radical (unpaired) electrons. The Balaban J connectivity index is 1.94. The molecule has 0 aliphatic carbocycles. The highest BCUT2D eigenvalue weighted by Gasteiger charge is 2.05. The summed E-state index contributed by atoms with van der Waals surface area (Å²) in [6.07, 6.45) is 1.53. The van der Waals surface area contributed by atoms with Crippen molar-refractivity contribution in [2.45, 2.75) is 6.92 Å². The molecule has 0 aliphatic rings. The lowest BCUT2D eigenvalue weighted by Gasteiger charge is -2.06. The number of hydrogen-bond acceptors (Lipinski definition) is 5. The van der Waals surface area contributed by atoms with E-state index in [-0.39, 0.29) is 5.75 Å². The number of rotatable bonds is 4. The summed E-state index contributed by atoms with van der Waals surface area (Å²) in [6, 6.07) is 13.4. The molecule has 6 heteroatoms. The molecule has 1 aromatic heterocycles. The van der Waals surface area contributed by atoms with Gasteiger partial charge in [0.2, 0.25) is 4.80 Å². The number of phenols is 1. The zero-order valence-corrected chi connectivity index (χ0v) is 13.7. The fraction of sp³-hybridized carbons (Fsp3) is 0.176. The first-order valence-electron chi connectivity index (χ1n) is 7.27. The van der Waals surface area contributed by atoms with Gasteiger partial charge in [0, 0.05) is 12.6 Å². The van der Waals surface area contributed by atoms with Crippen molar-refractivity contribution in [1.82, 2.24) is 4.57 Å². The summed E-state index contributed by atoms with van der Waals surface area (Å²) in [4.78, 5) is 0.794. The highest BCUT2D eigenvalue weighted by molar-refractivity contribution is 7.16. The summed E-state index contributed by atoms with van der Waals surface area (Å²) in [5.74, 6) is 0.526. The van der Waals surface area contributed by atoms with Gasteiger partial charge in [-0.3, -0.25) is 0 Å². The lowest BCUT2D eigenvalue weighted by atomic mass is 10.2. The zero-order valence-electron chi connectivity index (χ0n) is 12.9. The molecule has 0 spiro atoms. The number of benzene rings is 2. The Morgan fingerprint density at radius 3 is 2.83 bits per heavy atom. The van der Waals surface area contributed by atoms with Gasteiger partial charge >= 0.3 is 0 Å². The zero-order chi connectivity index (χ0) is 16.2. The van der Waals surface area contributed by atoms with E-state index in [1.165, 1.54) is 6.21 Å². The molecule has 23 heavy (non-hydrogen) atoms. The van der Waals surface area contributed by atoms with E-state index < -0.39 is 0 Å². The molecule has 0 amide bonds. The minimum atomic E-state index is 0.0778. The van der Waals surface area contributed by atoms with Crippen LogP contribution in [-0.2, 0) is 7.05 Å². The van der Waals surface area contributed by atoms with Gasteiger partial charge in [0.05, 0.1) is 23.0 Å². The first-order chi connectivity index (χ1) is 11.2. The minimum Gasteiger partial charge on any atom is -0.504 e. The summed E-state index contributed by atoms with van der Waals surface area (Å²) in [5.41, 5.74) is 1.69. The molecule has 0 saturated heterocycles. The van der Waals surface area contributed by atoms with E-state index in [9.17, 15) is 5.11 Å². The Hall–Kier alpha value is -2.60. The molecule has 1 heterocycles. The average molecular weight is 327 g/mol. The largest absolute Gasteiger partial charge is 0.504 e. The Bertz CT molecular complexity index is 925. The standard InChI is InChI=1S/C17H17N3O2S/c1-3-22-14-9-6-7-12(16(14)21)11-18-19-17-20(2)13-8-4-5-10-15(13)23-17/h4-11,21H,3H2,1-2H3/b18-11+,19-17-. The summed E-state index contributed by atoms with van der Waals surface area (Å²) in [7, 11) is 1.96. The van der Waals surface area contributed by atoms with Crippen LogP contribution in [0.4, 0.5) is 0 Å². The van der Waals surface area contributed by atoms with Crippen LogP contribution >= 0.6 is 11.3 Å². The topological polar surface area (TPSA) is 59.1 Å². The SMILES string of the molecule is CCOc1cccc(/C=N/N=c2\sc3ccccc3n2C)c1O. The molecule has 1 N–H and O–H groups in total. The molecule has 0 unspecified atom stereocenters. The van der Waals surface area contributed by atoms with Crippen LogP contribution in [0.5, 0.6) is 11.5 Å². The predicted octanol–water partition coefficient (Wildman–Crippen LogP) is 3.28. The first kappa shape index (κ1) is 15.3. The van der Waals surface area contributed by atoms with E-state index in [0.717, 1.165) is 15.0 Å². The van der Waals surface area contributed by atoms with Gasteiger partial charge in [-0.15, -0.1) is 5.10 Å². The van der Waals surface area contributed by atoms with Gasteiger partial charge < -0.3 is 14.4 Å². The van der Waals surface area contributed by atoms with E-state index in [1.807, 2.05) is 42.8 Å². The maximum atomic E-state index is 10.1. The molecule has 0 aliphatic heterocycles. The second-order valence-corrected chi connectivity index (χ2v) is 5.89. The van der Waals surface area contributed by atoms with E-state index in [0.29, 0.717) is 17.9 Å². The number of fused-ring (bicyclic) bond motifs is 1. The first-order valence-corrected chi connectivity index (χ1v) is 8.08. The second-order valence-electron chi connectivity index (χ2n) is 4.88. The van der Waals surface area contributed by atoms with Crippen molar-refractivity contribution in [1.29, 1.82) is 0 Å². The monoisotopic (exact) mass is 327 g/mol. The van der Waals surface area contributed by atoms with Crippen molar-refractivity contribution in [3.05, 3.63) is 52.8 Å². The summed E-state index contributed by atoms with van der Waals surface area (Å²) in [5, 5.41) is 18.5. The fourth-order valence-electron chi connectivity index (χ4n) is 2.23. The van der Waals surface area contributed by atoms with Crippen LogP contribution in [-0.4, -0.2) is 22.5 Å². The van der Waals surface area contributed by atoms with Crippen LogP contribution in [0, 0.1) is 0 Å². The van der Waals surface area contributed by atoms with Gasteiger partial charge in [-0.25, -0.2) is 0 Å². The van der Waals surface area contributed by atoms with Gasteiger partial charge in [0.1, 0.15) is 0 Å². The van der Waals surface area contributed by atoms with Crippen LogP contribution in [0.25, 0.3) is 10.2 Å². The molecule has 0 saturated carbocycles. The molecule has 0 atom stereocenters. The molecule has 5 nitrogen and oxygen atoms in total. The third kappa shape index (κ3) is 3.12. The van der Waals surface area contributed by atoms with Gasteiger partial charge in [0.25, 0.3) is 0 Å². The number of thiazole rings is 1. The smallest absolute Gasteiger partial charge is 0.211 e. The summed E-state index contributed by atoms with van der Waals surface area (Å²) >= 11 is 1.57. The lowest BCUT2D eigenvalue weighted by Crippen LogP contribution is -2.08. The maximum absolute atomic E-state index is 10.1. The average Bonchev–Trinajstić information content (AvgIpc) is 2.88. The minimum absolute atomic E-state index is 0.0778. The van der Waals surface area contributed by atoms with E-state index in [2.05, 4.69) is 16.3 Å². The van der Waals surface area contributed by atoms with E-state index in [4.69, 9.17) is 4.74 Å². The van der Waals surface area contributed by atoms with Crippen molar-refractivity contribution in [3.8, 4) is 11.5 Å². The number of aromatic nitrogens is 1. The molecular formula is C17H17N3O2S. The van der Waals surface area contributed by atoms with Crippen LogP contribution in [0.3, 0.4) is 0 Å². The van der Waals surface area contributed by atoms with Gasteiger partial charge in [0.15, 0.2) is 11.5 Å². The predicted molar refractivity (Wildman–Crippen MR) is 93.2 cm³/mol. The highest BCUT2D eigenvalue weighted by Crippen LogP contribution is 2.28. The number of aromatic hydroxyl groups is 1. The summed E-state index contributed by atoms with van der Waals surface area (Å²) < 4.78 is 8.51. The van der Waals surface area contributed by atoms with Crippen molar-refractivity contribution in [2.24, 2.45) is 17.3 Å². The van der Waals surface area contributed by atoms with Gasteiger partial charge in [-0.05, 0) is 31.2 Å².